The number of carbonyl (C=O) groups excluding carboxylic acids is 1. The van der Waals surface area contributed by atoms with Crippen LogP contribution >= 0.6 is 0 Å². The molecule has 1 saturated heterocycles. The number of amides is 2. The maximum atomic E-state index is 12.6. The fourth-order valence-corrected chi connectivity index (χ4v) is 3.45. The van der Waals surface area contributed by atoms with Gasteiger partial charge < -0.3 is 15.3 Å². The molecule has 1 aliphatic heterocycles. The molecule has 2 amide bonds. The molecule has 5 heteroatoms. The first-order chi connectivity index (χ1) is 9.71. The van der Waals surface area contributed by atoms with E-state index in [0.29, 0.717) is 12.3 Å². The molecule has 2 rings (SSSR count). The van der Waals surface area contributed by atoms with E-state index in [2.05, 4.69) is 26.1 Å². The molecule has 0 aromatic heterocycles. The Kier molecular flexibility index (Phi) is 4.49. The van der Waals surface area contributed by atoms with Crippen LogP contribution in [0.25, 0.3) is 0 Å². The van der Waals surface area contributed by atoms with Crippen molar-refractivity contribution in [2.24, 2.45) is 11.3 Å². The number of hydrogen-bond acceptors (Lipinski definition) is 2. The van der Waals surface area contributed by atoms with E-state index in [4.69, 9.17) is 0 Å². The Hall–Kier alpha value is -1.26. The number of urea groups is 1. The second-order valence-electron chi connectivity index (χ2n) is 7.65. The number of hydrogen-bond donors (Lipinski definition) is 2. The monoisotopic (exact) mass is 296 g/mol. The zero-order chi connectivity index (χ0) is 15.8. The van der Waals surface area contributed by atoms with Gasteiger partial charge in [-0.3, -0.25) is 0 Å². The summed E-state index contributed by atoms with van der Waals surface area (Å²) in [6, 6.07) is -0.765. The van der Waals surface area contributed by atoms with E-state index >= 15 is 0 Å². The van der Waals surface area contributed by atoms with Gasteiger partial charge >= 0.3 is 12.0 Å². The van der Waals surface area contributed by atoms with Gasteiger partial charge in [-0.2, -0.15) is 0 Å². The van der Waals surface area contributed by atoms with Gasteiger partial charge in [-0.1, -0.05) is 33.6 Å². The average Bonchev–Trinajstić information content (AvgIpc) is 2.76. The molecule has 1 heterocycles. The lowest BCUT2D eigenvalue weighted by molar-refractivity contribution is -0.141. The van der Waals surface area contributed by atoms with Crippen molar-refractivity contribution >= 4 is 12.0 Å². The van der Waals surface area contributed by atoms with E-state index in [1.165, 1.54) is 0 Å². The molecule has 1 saturated carbocycles. The standard InChI is InChI=1S/C16H28N2O3/c1-10(16(2,3)4)17-15(21)18-12-8-6-5-7-11(12)9-13(18)14(19)20/h10-13H,5-9H2,1-4H3,(H,17,21)(H,19,20). The molecule has 5 nitrogen and oxygen atoms in total. The van der Waals surface area contributed by atoms with Crippen molar-refractivity contribution in [2.75, 3.05) is 0 Å². The third-order valence-corrected chi connectivity index (χ3v) is 5.25. The summed E-state index contributed by atoms with van der Waals surface area (Å²) >= 11 is 0. The summed E-state index contributed by atoms with van der Waals surface area (Å²) in [6.45, 7) is 8.18. The minimum atomic E-state index is -0.872. The molecular weight excluding hydrogens is 268 g/mol. The number of nitrogens with zero attached hydrogens (tertiary/aromatic N) is 1. The quantitative estimate of drug-likeness (QED) is 0.823. The van der Waals surface area contributed by atoms with Gasteiger partial charge in [0.1, 0.15) is 6.04 Å². The molecule has 4 unspecified atom stereocenters. The minimum absolute atomic E-state index is 0.00193. The van der Waals surface area contributed by atoms with Gasteiger partial charge in [0.25, 0.3) is 0 Å². The van der Waals surface area contributed by atoms with Crippen molar-refractivity contribution < 1.29 is 14.7 Å². The largest absolute Gasteiger partial charge is 0.480 e. The topological polar surface area (TPSA) is 69.6 Å². The second kappa shape index (κ2) is 5.85. The molecule has 0 radical (unpaired) electrons. The van der Waals surface area contributed by atoms with Crippen LogP contribution in [0.15, 0.2) is 0 Å². The van der Waals surface area contributed by atoms with Gasteiger partial charge in [-0.05, 0) is 37.5 Å². The van der Waals surface area contributed by atoms with Crippen molar-refractivity contribution in [3.63, 3.8) is 0 Å². The lowest BCUT2D eigenvalue weighted by Gasteiger charge is -2.36. The lowest BCUT2D eigenvalue weighted by Crippen LogP contribution is -2.54. The minimum Gasteiger partial charge on any atom is -0.480 e. The first kappa shape index (κ1) is 16.1. The molecule has 21 heavy (non-hydrogen) atoms. The van der Waals surface area contributed by atoms with E-state index in [0.717, 1.165) is 25.7 Å². The number of aliphatic carboxylic acids is 1. The number of carboxylic acids is 1. The Morgan fingerprint density at radius 1 is 1.24 bits per heavy atom. The smallest absolute Gasteiger partial charge is 0.326 e. The molecule has 0 bridgehead atoms. The second-order valence-corrected chi connectivity index (χ2v) is 7.65. The Morgan fingerprint density at radius 3 is 2.43 bits per heavy atom. The van der Waals surface area contributed by atoms with Crippen LogP contribution in [0, 0.1) is 11.3 Å². The molecule has 0 spiro atoms. The average molecular weight is 296 g/mol. The molecule has 2 aliphatic rings. The normalized spacial score (nSPS) is 30.7. The van der Waals surface area contributed by atoms with E-state index < -0.39 is 12.0 Å². The molecule has 0 aromatic rings. The highest BCUT2D eigenvalue weighted by Crippen LogP contribution is 2.39. The van der Waals surface area contributed by atoms with Crippen LogP contribution in [0.5, 0.6) is 0 Å². The molecule has 120 valence electrons. The summed E-state index contributed by atoms with van der Waals surface area (Å²) in [4.78, 5) is 25.8. The maximum Gasteiger partial charge on any atom is 0.326 e. The van der Waals surface area contributed by atoms with Gasteiger partial charge in [-0.25, -0.2) is 9.59 Å². The number of fused-ring (bicyclic) bond motifs is 1. The highest BCUT2D eigenvalue weighted by atomic mass is 16.4. The Balaban J connectivity index is 2.13. The van der Waals surface area contributed by atoms with E-state index in [1.54, 1.807) is 4.90 Å². The zero-order valence-electron chi connectivity index (χ0n) is 13.6. The molecule has 1 aliphatic carbocycles. The fraction of sp³-hybridized carbons (Fsp3) is 0.875. The molecular formula is C16H28N2O3. The zero-order valence-corrected chi connectivity index (χ0v) is 13.6. The van der Waals surface area contributed by atoms with Crippen LogP contribution in [0.4, 0.5) is 4.79 Å². The van der Waals surface area contributed by atoms with E-state index in [9.17, 15) is 14.7 Å². The van der Waals surface area contributed by atoms with Gasteiger partial charge in [-0.15, -0.1) is 0 Å². The molecule has 2 N–H and O–H groups in total. The van der Waals surface area contributed by atoms with Crippen molar-refractivity contribution in [1.82, 2.24) is 10.2 Å². The summed E-state index contributed by atoms with van der Waals surface area (Å²) in [7, 11) is 0. The predicted molar refractivity (Wildman–Crippen MR) is 81.1 cm³/mol. The molecule has 0 aromatic carbocycles. The number of carboxylic acid groups (broad SMARTS) is 1. The van der Waals surface area contributed by atoms with E-state index in [-0.39, 0.29) is 23.5 Å². The van der Waals surface area contributed by atoms with E-state index in [1.807, 2.05) is 6.92 Å². The Bertz CT molecular complexity index is 416. The van der Waals surface area contributed by atoms with Crippen LogP contribution in [-0.2, 0) is 4.79 Å². The summed E-state index contributed by atoms with van der Waals surface area (Å²) in [5, 5.41) is 12.5. The van der Waals surface area contributed by atoms with Crippen LogP contribution in [0.1, 0.15) is 59.8 Å². The Morgan fingerprint density at radius 2 is 1.86 bits per heavy atom. The maximum absolute atomic E-state index is 12.6. The number of rotatable bonds is 2. The molecule has 4 atom stereocenters. The van der Waals surface area contributed by atoms with Gasteiger partial charge in [0.15, 0.2) is 0 Å². The Labute approximate surface area is 127 Å². The first-order valence-corrected chi connectivity index (χ1v) is 8.03. The van der Waals surface area contributed by atoms with Crippen molar-refractivity contribution in [3.05, 3.63) is 0 Å². The van der Waals surface area contributed by atoms with Gasteiger partial charge in [0.2, 0.25) is 0 Å². The third-order valence-electron chi connectivity index (χ3n) is 5.25. The summed E-state index contributed by atoms with van der Waals surface area (Å²) in [6.07, 6.45) is 4.84. The number of nitrogens with one attached hydrogen (secondary N) is 1. The summed E-state index contributed by atoms with van der Waals surface area (Å²) in [5.41, 5.74) is -0.0416. The fourth-order valence-electron chi connectivity index (χ4n) is 3.45. The van der Waals surface area contributed by atoms with Gasteiger partial charge in [0.05, 0.1) is 0 Å². The summed E-state index contributed by atoms with van der Waals surface area (Å²) < 4.78 is 0. The molecule has 2 fully saturated rings. The summed E-state index contributed by atoms with van der Waals surface area (Å²) in [5.74, 6) is -0.515. The van der Waals surface area contributed by atoms with Crippen LogP contribution in [0.3, 0.4) is 0 Å². The van der Waals surface area contributed by atoms with Crippen LogP contribution < -0.4 is 5.32 Å². The van der Waals surface area contributed by atoms with Crippen LogP contribution in [0.2, 0.25) is 0 Å². The van der Waals surface area contributed by atoms with Crippen molar-refractivity contribution in [3.8, 4) is 0 Å². The third kappa shape index (κ3) is 3.33. The highest BCUT2D eigenvalue weighted by Gasteiger charge is 2.47. The highest BCUT2D eigenvalue weighted by molar-refractivity contribution is 5.84. The first-order valence-electron chi connectivity index (χ1n) is 8.03. The number of likely N-dealkylation sites (tertiary alicyclic amines) is 1. The number of carbonyl (C=O) groups is 2. The van der Waals surface area contributed by atoms with Crippen molar-refractivity contribution in [1.29, 1.82) is 0 Å². The van der Waals surface area contributed by atoms with Crippen molar-refractivity contribution in [2.45, 2.75) is 77.9 Å². The van der Waals surface area contributed by atoms with Gasteiger partial charge in [0, 0.05) is 12.1 Å². The predicted octanol–water partition coefficient (Wildman–Crippen LogP) is 2.85. The SMILES string of the molecule is CC(NC(=O)N1C(C(=O)O)CC2CCCCC21)C(C)(C)C. The lowest BCUT2D eigenvalue weighted by atomic mass is 9.85. The van der Waals surface area contributed by atoms with Crippen LogP contribution in [-0.4, -0.2) is 40.1 Å².